The van der Waals surface area contributed by atoms with Gasteiger partial charge in [0.25, 0.3) is 0 Å². The van der Waals surface area contributed by atoms with Crippen LogP contribution in [-0.4, -0.2) is 0 Å². The molecule has 0 heterocycles. The van der Waals surface area contributed by atoms with Crippen molar-refractivity contribution in [1.29, 1.82) is 5.26 Å². The largest absolute Gasteiger partial charge is 0.321 e. The molecule has 0 amide bonds. The van der Waals surface area contributed by atoms with Crippen molar-refractivity contribution in [3.05, 3.63) is 47.5 Å². The summed E-state index contributed by atoms with van der Waals surface area (Å²) in [5.74, 6) is 0. The second kappa shape index (κ2) is 3.88. The summed E-state index contributed by atoms with van der Waals surface area (Å²) < 4.78 is 0. The van der Waals surface area contributed by atoms with Gasteiger partial charge in [0.2, 0.25) is 0 Å². The molecule has 0 unspecified atom stereocenters. The summed E-state index contributed by atoms with van der Waals surface area (Å²) in [6.07, 6.45) is 1.67. The third-order valence-corrected chi connectivity index (χ3v) is 2.02. The topological polar surface area (TPSA) is 49.8 Å². The summed E-state index contributed by atoms with van der Waals surface area (Å²) in [6.45, 7) is 5.60. The number of benzene rings is 1. The molecule has 0 aliphatic carbocycles. The molecule has 0 fully saturated rings. The normalized spacial score (nSPS) is 11.8. The van der Waals surface area contributed by atoms with E-state index in [2.05, 4.69) is 12.6 Å². The fourth-order valence-corrected chi connectivity index (χ4v) is 1.20. The second-order valence-electron chi connectivity index (χ2n) is 2.94. The van der Waals surface area contributed by atoms with Crippen molar-refractivity contribution in [3.63, 3.8) is 0 Å². The molecule has 1 aromatic carbocycles. The van der Waals surface area contributed by atoms with Crippen LogP contribution in [0, 0.1) is 18.3 Å². The van der Waals surface area contributed by atoms with E-state index in [-0.39, 0.29) is 6.04 Å². The summed E-state index contributed by atoms with van der Waals surface area (Å²) in [6, 6.07) is 7.39. The predicted octanol–water partition coefficient (Wildman–Crippen LogP) is 2.05. The molecule has 0 radical (unpaired) electrons. The zero-order valence-corrected chi connectivity index (χ0v) is 7.62. The summed E-state index contributed by atoms with van der Waals surface area (Å²) in [5.41, 5.74) is 8.48. The lowest BCUT2D eigenvalue weighted by Gasteiger charge is -2.10. The van der Waals surface area contributed by atoms with Crippen LogP contribution in [-0.2, 0) is 0 Å². The molecular formula is C11H12N2. The van der Waals surface area contributed by atoms with E-state index in [4.69, 9.17) is 11.0 Å². The summed E-state index contributed by atoms with van der Waals surface area (Å²) >= 11 is 0. The molecular weight excluding hydrogens is 160 g/mol. The number of hydrogen-bond donors (Lipinski definition) is 1. The second-order valence-corrected chi connectivity index (χ2v) is 2.94. The van der Waals surface area contributed by atoms with Gasteiger partial charge in [0, 0.05) is 6.04 Å². The van der Waals surface area contributed by atoms with Crippen LogP contribution in [0.5, 0.6) is 0 Å². The average molecular weight is 172 g/mol. The summed E-state index contributed by atoms with van der Waals surface area (Å²) in [7, 11) is 0. The monoisotopic (exact) mass is 172 g/mol. The maximum Gasteiger partial charge on any atom is 0.0991 e. The third-order valence-electron chi connectivity index (χ3n) is 2.02. The van der Waals surface area contributed by atoms with Crippen molar-refractivity contribution in [3.8, 4) is 6.07 Å². The highest BCUT2D eigenvalue weighted by Gasteiger charge is 2.05. The smallest absolute Gasteiger partial charge is 0.0991 e. The quantitative estimate of drug-likeness (QED) is 0.694. The van der Waals surface area contributed by atoms with E-state index < -0.39 is 0 Å². The van der Waals surface area contributed by atoms with Gasteiger partial charge in [0.15, 0.2) is 0 Å². The fourth-order valence-electron chi connectivity index (χ4n) is 1.20. The average Bonchev–Trinajstić information content (AvgIpc) is 2.17. The van der Waals surface area contributed by atoms with E-state index in [9.17, 15) is 0 Å². The Kier molecular flexibility index (Phi) is 2.84. The highest BCUT2D eigenvalue weighted by atomic mass is 14.6. The molecule has 0 aliphatic rings. The van der Waals surface area contributed by atoms with Crippen LogP contribution in [0.4, 0.5) is 0 Å². The van der Waals surface area contributed by atoms with Crippen LogP contribution in [0.2, 0.25) is 0 Å². The number of nitriles is 1. The molecule has 0 spiro atoms. The molecule has 0 aromatic heterocycles. The van der Waals surface area contributed by atoms with Crippen molar-refractivity contribution in [1.82, 2.24) is 0 Å². The lowest BCUT2D eigenvalue weighted by atomic mass is 9.99. The number of hydrogen-bond acceptors (Lipinski definition) is 2. The van der Waals surface area contributed by atoms with Gasteiger partial charge in [0.05, 0.1) is 11.6 Å². The molecule has 0 bridgehead atoms. The van der Waals surface area contributed by atoms with Crippen molar-refractivity contribution >= 4 is 0 Å². The number of nitrogens with zero attached hydrogens (tertiary/aromatic N) is 1. The Balaban J connectivity index is 3.20. The highest BCUT2D eigenvalue weighted by molar-refractivity contribution is 5.40. The molecule has 2 nitrogen and oxygen atoms in total. The Morgan fingerprint density at radius 2 is 2.31 bits per heavy atom. The molecule has 0 aliphatic heterocycles. The van der Waals surface area contributed by atoms with Crippen molar-refractivity contribution in [2.45, 2.75) is 13.0 Å². The lowest BCUT2D eigenvalue weighted by Crippen LogP contribution is -2.08. The molecule has 2 N–H and O–H groups in total. The van der Waals surface area contributed by atoms with Gasteiger partial charge in [-0.15, -0.1) is 6.58 Å². The standard InChI is InChI=1S/C11H12N2/c1-3-11(13)10-6-9(7-12)5-4-8(10)2/h3-6,11H,1,13H2,2H3/t11-/m1/s1. The zero-order valence-electron chi connectivity index (χ0n) is 7.62. The molecule has 0 saturated heterocycles. The van der Waals surface area contributed by atoms with E-state index in [1.807, 2.05) is 19.1 Å². The van der Waals surface area contributed by atoms with Crippen LogP contribution in [0.15, 0.2) is 30.9 Å². The minimum atomic E-state index is -0.187. The van der Waals surface area contributed by atoms with Crippen molar-refractivity contribution < 1.29 is 0 Å². The van der Waals surface area contributed by atoms with Crippen LogP contribution in [0.1, 0.15) is 22.7 Å². The van der Waals surface area contributed by atoms with E-state index in [1.54, 1.807) is 12.1 Å². The third kappa shape index (κ3) is 1.95. The minimum absolute atomic E-state index is 0.187. The zero-order chi connectivity index (χ0) is 9.84. The number of rotatable bonds is 2. The van der Waals surface area contributed by atoms with E-state index in [0.717, 1.165) is 11.1 Å². The van der Waals surface area contributed by atoms with Gasteiger partial charge in [-0.3, -0.25) is 0 Å². The van der Waals surface area contributed by atoms with Gasteiger partial charge < -0.3 is 5.73 Å². The van der Waals surface area contributed by atoms with Gasteiger partial charge in [-0.25, -0.2) is 0 Å². The minimum Gasteiger partial charge on any atom is -0.321 e. The Morgan fingerprint density at radius 1 is 1.62 bits per heavy atom. The lowest BCUT2D eigenvalue weighted by molar-refractivity contribution is 0.901. The van der Waals surface area contributed by atoms with Gasteiger partial charge in [-0.2, -0.15) is 5.26 Å². The molecule has 2 heteroatoms. The number of nitrogens with two attached hydrogens (primary N) is 1. The summed E-state index contributed by atoms with van der Waals surface area (Å²) in [4.78, 5) is 0. The van der Waals surface area contributed by atoms with Gasteiger partial charge in [-0.1, -0.05) is 12.1 Å². The van der Waals surface area contributed by atoms with E-state index >= 15 is 0 Å². The predicted molar refractivity (Wildman–Crippen MR) is 53.0 cm³/mol. The van der Waals surface area contributed by atoms with Gasteiger partial charge in [-0.05, 0) is 30.2 Å². The molecule has 1 rings (SSSR count). The summed E-state index contributed by atoms with van der Waals surface area (Å²) in [5, 5.41) is 8.69. The first-order valence-electron chi connectivity index (χ1n) is 4.08. The Morgan fingerprint density at radius 3 is 2.85 bits per heavy atom. The Bertz CT molecular complexity index is 361. The van der Waals surface area contributed by atoms with Crippen molar-refractivity contribution in [2.75, 3.05) is 0 Å². The molecule has 1 aromatic rings. The maximum atomic E-state index is 8.69. The molecule has 0 saturated carbocycles. The van der Waals surface area contributed by atoms with E-state index in [1.165, 1.54) is 0 Å². The van der Waals surface area contributed by atoms with Crippen LogP contribution in [0.25, 0.3) is 0 Å². The van der Waals surface area contributed by atoms with Gasteiger partial charge in [0.1, 0.15) is 0 Å². The molecule has 1 atom stereocenters. The number of aryl methyl sites for hydroxylation is 1. The first-order valence-corrected chi connectivity index (χ1v) is 4.08. The van der Waals surface area contributed by atoms with Crippen LogP contribution in [0.3, 0.4) is 0 Å². The van der Waals surface area contributed by atoms with Crippen LogP contribution >= 0.6 is 0 Å². The first-order chi connectivity index (χ1) is 6.19. The van der Waals surface area contributed by atoms with Gasteiger partial charge >= 0.3 is 0 Å². The fraction of sp³-hybridized carbons (Fsp3) is 0.182. The first kappa shape index (κ1) is 9.50. The van der Waals surface area contributed by atoms with Crippen molar-refractivity contribution in [2.24, 2.45) is 5.73 Å². The maximum absolute atomic E-state index is 8.69. The van der Waals surface area contributed by atoms with E-state index in [0.29, 0.717) is 5.56 Å². The van der Waals surface area contributed by atoms with Crippen LogP contribution < -0.4 is 5.73 Å². The highest BCUT2D eigenvalue weighted by Crippen LogP contribution is 2.17. The Labute approximate surface area is 78.3 Å². The Hall–Kier alpha value is -1.59. The molecule has 13 heavy (non-hydrogen) atoms. The SMILES string of the molecule is C=C[C@@H](N)c1cc(C#N)ccc1C. The molecule has 66 valence electrons.